The van der Waals surface area contributed by atoms with E-state index in [4.69, 9.17) is 9.15 Å². The first-order valence-corrected chi connectivity index (χ1v) is 12.6. The minimum atomic E-state index is -3.56. The van der Waals surface area contributed by atoms with Crippen molar-refractivity contribution in [2.45, 2.75) is 30.5 Å². The molecule has 1 atom stereocenters. The van der Waals surface area contributed by atoms with Crippen LogP contribution in [-0.2, 0) is 15.6 Å². The van der Waals surface area contributed by atoms with Gasteiger partial charge in [0.2, 0.25) is 0 Å². The minimum Gasteiger partial charge on any atom is -0.497 e. The maximum absolute atomic E-state index is 12.8. The second-order valence-electron chi connectivity index (χ2n) is 7.56. The molecule has 1 heterocycles. The summed E-state index contributed by atoms with van der Waals surface area (Å²) in [4.78, 5) is 15.2. The smallest absolute Gasteiger partial charge is 0.287 e. The van der Waals surface area contributed by atoms with Gasteiger partial charge in [-0.1, -0.05) is 44.2 Å². The van der Waals surface area contributed by atoms with Crippen LogP contribution >= 0.6 is 0 Å². The molecule has 33 heavy (non-hydrogen) atoms. The van der Waals surface area contributed by atoms with Gasteiger partial charge < -0.3 is 14.5 Å². The lowest BCUT2D eigenvalue weighted by molar-refractivity contribution is 0.0905. The molecule has 1 aromatic heterocycles. The fourth-order valence-electron chi connectivity index (χ4n) is 3.72. The average molecular weight is 471 g/mol. The summed E-state index contributed by atoms with van der Waals surface area (Å²) in [5.41, 5.74) is 1.03. The van der Waals surface area contributed by atoms with E-state index in [1.165, 1.54) is 24.3 Å². The molecule has 1 unspecified atom stereocenters. The topological polar surface area (TPSA) is 88.9 Å². The Kier molecular flexibility index (Phi) is 8.30. The van der Waals surface area contributed by atoms with Gasteiger partial charge in [0.15, 0.2) is 15.6 Å². The van der Waals surface area contributed by atoms with E-state index in [1.54, 1.807) is 25.3 Å². The van der Waals surface area contributed by atoms with Crippen molar-refractivity contribution in [2.75, 3.05) is 26.7 Å². The Morgan fingerprint density at radius 3 is 2.42 bits per heavy atom. The summed E-state index contributed by atoms with van der Waals surface area (Å²) in [6.07, 6.45) is 0. The van der Waals surface area contributed by atoms with E-state index < -0.39 is 15.7 Å². The Balaban J connectivity index is 1.70. The number of likely N-dealkylation sites (N-methyl/N-ethyl adjacent to an activating group) is 1. The van der Waals surface area contributed by atoms with E-state index >= 15 is 0 Å². The van der Waals surface area contributed by atoms with Crippen LogP contribution < -0.4 is 10.1 Å². The molecule has 0 radical (unpaired) electrons. The van der Waals surface area contributed by atoms with Crippen molar-refractivity contribution in [3.63, 3.8) is 0 Å². The van der Waals surface area contributed by atoms with Gasteiger partial charge in [0, 0.05) is 6.54 Å². The molecule has 3 aromatic rings. The first kappa shape index (κ1) is 24.5. The fraction of sp³-hybridized carbons (Fsp3) is 0.320. The molecule has 0 fully saturated rings. The third kappa shape index (κ3) is 6.24. The first-order chi connectivity index (χ1) is 15.9. The molecule has 7 nitrogen and oxygen atoms in total. The molecule has 1 N–H and O–H groups in total. The third-order valence-electron chi connectivity index (χ3n) is 5.51. The standard InChI is InChI=1S/C25H30N2O5S/c1-4-27(5-2)23(19-10-9-11-20(16-19)31-3)17-26-25(28)24-15-14-21(32-24)18-33(29,30)22-12-7-6-8-13-22/h6-16,23H,4-5,17-18H2,1-3H3,(H,26,28). The van der Waals surface area contributed by atoms with E-state index in [9.17, 15) is 13.2 Å². The number of hydrogen-bond donors (Lipinski definition) is 1. The van der Waals surface area contributed by atoms with Crippen LogP contribution in [0.5, 0.6) is 5.75 Å². The van der Waals surface area contributed by atoms with E-state index in [0.717, 1.165) is 24.4 Å². The van der Waals surface area contributed by atoms with Crippen LogP contribution in [0.4, 0.5) is 0 Å². The van der Waals surface area contributed by atoms with Crippen LogP contribution in [0, 0.1) is 0 Å². The molecule has 0 aliphatic heterocycles. The zero-order valence-electron chi connectivity index (χ0n) is 19.2. The van der Waals surface area contributed by atoms with E-state index in [1.807, 2.05) is 24.3 Å². The Hall–Kier alpha value is -3.10. The maximum Gasteiger partial charge on any atom is 0.287 e. The normalized spacial score (nSPS) is 12.5. The minimum absolute atomic E-state index is 0.0491. The Bertz CT molecular complexity index is 1150. The molecule has 0 saturated heterocycles. The number of methoxy groups -OCH3 is 1. The summed E-state index contributed by atoms with van der Waals surface area (Å²) < 4.78 is 36.1. The van der Waals surface area contributed by atoms with Crippen molar-refractivity contribution in [1.29, 1.82) is 0 Å². The number of nitrogens with zero attached hydrogens (tertiary/aromatic N) is 1. The van der Waals surface area contributed by atoms with Gasteiger partial charge in [-0.2, -0.15) is 0 Å². The van der Waals surface area contributed by atoms with E-state index in [0.29, 0.717) is 6.54 Å². The van der Waals surface area contributed by atoms with Gasteiger partial charge in [0.05, 0.1) is 18.0 Å². The molecule has 8 heteroatoms. The first-order valence-electron chi connectivity index (χ1n) is 10.9. The van der Waals surface area contributed by atoms with Gasteiger partial charge in [-0.25, -0.2) is 8.42 Å². The Morgan fingerprint density at radius 1 is 1.03 bits per heavy atom. The van der Waals surface area contributed by atoms with Gasteiger partial charge >= 0.3 is 0 Å². The van der Waals surface area contributed by atoms with Gasteiger partial charge in [0.25, 0.3) is 5.91 Å². The molecule has 0 saturated carbocycles. The third-order valence-corrected chi connectivity index (χ3v) is 7.16. The predicted octanol–water partition coefficient (Wildman–Crippen LogP) is 4.08. The molecule has 2 aromatic carbocycles. The predicted molar refractivity (Wildman–Crippen MR) is 127 cm³/mol. The largest absolute Gasteiger partial charge is 0.497 e. The summed E-state index contributed by atoms with van der Waals surface area (Å²) in [5, 5.41) is 2.93. The van der Waals surface area contributed by atoms with E-state index in [-0.39, 0.29) is 28.2 Å². The van der Waals surface area contributed by atoms with Crippen molar-refractivity contribution in [3.8, 4) is 5.75 Å². The highest BCUT2D eigenvalue weighted by molar-refractivity contribution is 7.90. The summed E-state index contributed by atoms with van der Waals surface area (Å²) in [7, 11) is -1.93. The number of ether oxygens (including phenoxy) is 1. The highest BCUT2D eigenvalue weighted by Crippen LogP contribution is 2.24. The lowest BCUT2D eigenvalue weighted by Gasteiger charge is -2.30. The number of amides is 1. The van der Waals surface area contributed by atoms with Crippen LogP contribution in [0.15, 0.2) is 76.0 Å². The number of sulfone groups is 1. The van der Waals surface area contributed by atoms with Crippen molar-refractivity contribution in [2.24, 2.45) is 0 Å². The molecular weight excluding hydrogens is 440 g/mol. The van der Waals surface area contributed by atoms with Gasteiger partial charge in [-0.15, -0.1) is 0 Å². The molecule has 1 amide bonds. The van der Waals surface area contributed by atoms with Crippen LogP contribution in [0.3, 0.4) is 0 Å². The molecule has 0 aliphatic carbocycles. The van der Waals surface area contributed by atoms with E-state index in [2.05, 4.69) is 24.1 Å². The summed E-state index contributed by atoms with van der Waals surface area (Å²) >= 11 is 0. The number of benzene rings is 2. The van der Waals surface area contributed by atoms with Crippen molar-refractivity contribution in [1.82, 2.24) is 10.2 Å². The molecule has 0 spiro atoms. The molecule has 0 aliphatic rings. The number of carbonyl (C=O) groups excluding carboxylic acids is 1. The number of nitrogens with one attached hydrogen (secondary N) is 1. The van der Waals surface area contributed by atoms with Crippen LogP contribution in [-0.4, -0.2) is 46.0 Å². The summed E-state index contributed by atoms with van der Waals surface area (Å²) in [5.74, 6) is 0.356. The average Bonchev–Trinajstić information content (AvgIpc) is 3.30. The summed E-state index contributed by atoms with van der Waals surface area (Å²) in [6, 6.07) is 18.9. The van der Waals surface area contributed by atoms with Crippen molar-refractivity contribution >= 4 is 15.7 Å². The number of carbonyl (C=O) groups is 1. The molecule has 3 rings (SSSR count). The highest BCUT2D eigenvalue weighted by atomic mass is 32.2. The lowest BCUT2D eigenvalue weighted by Crippen LogP contribution is -2.38. The maximum atomic E-state index is 12.8. The SMILES string of the molecule is CCN(CC)C(CNC(=O)c1ccc(CS(=O)(=O)c2ccccc2)o1)c1cccc(OC)c1. The van der Waals surface area contributed by atoms with Gasteiger partial charge in [-0.05, 0) is 55.1 Å². The lowest BCUT2D eigenvalue weighted by atomic mass is 10.0. The van der Waals surface area contributed by atoms with Gasteiger partial charge in [-0.3, -0.25) is 9.69 Å². The second-order valence-corrected chi connectivity index (χ2v) is 9.55. The fourth-order valence-corrected chi connectivity index (χ4v) is 4.99. The monoisotopic (exact) mass is 470 g/mol. The summed E-state index contributed by atoms with van der Waals surface area (Å²) in [6.45, 7) is 6.15. The molecule has 0 bridgehead atoms. The zero-order chi connectivity index (χ0) is 23.8. The molecule has 176 valence electrons. The van der Waals surface area contributed by atoms with Crippen molar-refractivity contribution < 1.29 is 22.4 Å². The van der Waals surface area contributed by atoms with Crippen LogP contribution in [0.25, 0.3) is 0 Å². The number of rotatable bonds is 11. The molecular formula is C25H30N2O5S. The quantitative estimate of drug-likeness (QED) is 0.454. The Morgan fingerprint density at radius 2 is 1.76 bits per heavy atom. The Labute approximate surface area is 195 Å². The zero-order valence-corrected chi connectivity index (χ0v) is 20.0. The number of hydrogen-bond acceptors (Lipinski definition) is 6. The highest BCUT2D eigenvalue weighted by Gasteiger charge is 2.22. The second kappa shape index (κ2) is 11.2. The van der Waals surface area contributed by atoms with Crippen LogP contribution in [0.1, 0.15) is 41.8 Å². The van der Waals surface area contributed by atoms with Gasteiger partial charge in [0.1, 0.15) is 17.3 Å². The van der Waals surface area contributed by atoms with Crippen LogP contribution in [0.2, 0.25) is 0 Å². The van der Waals surface area contributed by atoms with Crippen molar-refractivity contribution in [3.05, 3.63) is 83.8 Å². The number of furan rings is 1.